The first-order valence-electron chi connectivity index (χ1n) is 11.3. The molecule has 2 aromatic rings. The fourth-order valence-corrected chi connectivity index (χ4v) is 3.28. The first kappa shape index (κ1) is 22.4. The van der Waals surface area contributed by atoms with E-state index in [1.54, 1.807) is 0 Å². The Kier molecular flexibility index (Phi) is 10.6. The minimum Gasteiger partial charge on any atom is -0.494 e. The zero-order chi connectivity index (χ0) is 20.0. The Morgan fingerprint density at radius 1 is 0.821 bits per heavy atom. The summed E-state index contributed by atoms with van der Waals surface area (Å²) < 4.78 is 5.88. The third kappa shape index (κ3) is 8.41. The normalized spacial score (nSPS) is 12.1. The van der Waals surface area contributed by atoms with E-state index in [1.165, 1.54) is 56.9 Å². The van der Waals surface area contributed by atoms with Gasteiger partial charge < -0.3 is 4.74 Å². The number of unbranched alkanes of at least 4 members (excludes halogenated alkanes) is 7. The maximum absolute atomic E-state index is 5.88. The van der Waals surface area contributed by atoms with Gasteiger partial charge in [-0.05, 0) is 48.6 Å². The van der Waals surface area contributed by atoms with Gasteiger partial charge in [-0.1, -0.05) is 72.1 Å². The number of benzene rings is 1. The van der Waals surface area contributed by atoms with Gasteiger partial charge in [-0.3, -0.25) is 0 Å². The van der Waals surface area contributed by atoms with Crippen LogP contribution in [0.4, 0.5) is 0 Å². The smallest absolute Gasteiger partial charge is 0.159 e. The molecule has 2 rings (SSSR count). The van der Waals surface area contributed by atoms with Gasteiger partial charge in [0.15, 0.2) is 5.82 Å². The first-order chi connectivity index (χ1) is 13.7. The minimum atomic E-state index is 0.673. The molecule has 1 aromatic heterocycles. The van der Waals surface area contributed by atoms with Crippen molar-refractivity contribution in [1.29, 1.82) is 0 Å². The zero-order valence-electron chi connectivity index (χ0n) is 18.1. The molecule has 0 N–H and O–H groups in total. The van der Waals surface area contributed by atoms with Gasteiger partial charge in [0.1, 0.15) is 5.75 Å². The highest BCUT2D eigenvalue weighted by Crippen LogP contribution is 2.20. The number of aromatic nitrogens is 2. The predicted molar refractivity (Wildman–Crippen MR) is 119 cm³/mol. The van der Waals surface area contributed by atoms with Gasteiger partial charge in [0.25, 0.3) is 0 Å². The lowest BCUT2D eigenvalue weighted by molar-refractivity contribution is 0.304. The Morgan fingerprint density at radius 2 is 1.43 bits per heavy atom. The second kappa shape index (κ2) is 13.3. The molecule has 154 valence electrons. The average molecular weight is 383 g/mol. The minimum absolute atomic E-state index is 0.673. The summed E-state index contributed by atoms with van der Waals surface area (Å²) >= 11 is 0. The zero-order valence-corrected chi connectivity index (χ0v) is 18.1. The molecular weight excluding hydrogens is 344 g/mol. The van der Waals surface area contributed by atoms with E-state index in [-0.39, 0.29) is 0 Å². The van der Waals surface area contributed by atoms with Gasteiger partial charge in [0, 0.05) is 18.0 Å². The van der Waals surface area contributed by atoms with E-state index in [0.29, 0.717) is 5.92 Å². The van der Waals surface area contributed by atoms with E-state index in [9.17, 15) is 0 Å². The fraction of sp³-hybridized carbons (Fsp3) is 0.600. The molecule has 0 spiro atoms. The average Bonchev–Trinajstić information content (AvgIpc) is 2.73. The quantitative estimate of drug-likeness (QED) is 0.323. The Morgan fingerprint density at radius 3 is 2.04 bits per heavy atom. The lowest BCUT2D eigenvalue weighted by Gasteiger charge is -2.09. The Hall–Kier alpha value is -1.90. The summed E-state index contributed by atoms with van der Waals surface area (Å²) in [5.74, 6) is 2.38. The second-order valence-electron chi connectivity index (χ2n) is 7.98. The number of hydrogen-bond acceptors (Lipinski definition) is 3. The van der Waals surface area contributed by atoms with E-state index in [1.807, 2.05) is 36.7 Å². The van der Waals surface area contributed by atoms with Crippen LogP contribution in [0, 0.1) is 5.92 Å². The van der Waals surface area contributed by atoms with Gasteiger partial charge >= 0.3 is 0 Å². The molecule has 28 heavy (non-hydrogen) atoms. The van der Waals surface area contributed by atoms with Crippen molar-refractivity contribution in [2.75, 3.05) is 6.61 Å². The van der Waals surface area contributed by atoms with Crippen molar-refractivity contribution in [3.63, 3.8) is 0 Å². The third-order valence-corrected chi connectivity index (χ3v) is 5.37. The number of ether oxygens (including phenoxy) is 1. The lowest BCUT2D eigenvalue weighted by Crippen LogP contribution is -2.00. The summed E-state index contributed by atoms with van der Waals surface area (Å²) in [6.07, 6.45) is 16.7. The molecule has 0 saturated heterocycles. The van der Waals surface area contributed by atoms with E-state index in [2.05, 4.69) is 30.7 Å². The molecule has 3 nitrogen and oxygen atoms in total. The van der Waals surface area contributed by atoms with E-state index >= 15 is 0 Å². The lowest BCUT2D eigenvalue weighted by atomic mass is 10.0. The van der Waals surface area contributed by atoms with Crippen molar-refractivity contribution in [2.24, 2.45) is 5.92 Å². The maximum Gasteiger partial charge on any atom is 0.159 e. The van der Waals surface area contributed by atoms with Crippen LogP contribution in [-0.2, 0) is 6.42 Å². The molecule has 0 aliphatic heterocycles. The van der Waals surface area contributed by atoms with Crippen LogP contribution in [0.5, 0.6) is 5.75 Å². The highest BCUT2D eigenvalue weighted by molar-refractivity contribution is 5.55. The van der Waals surface area contributed by atoms with Crippen molar-refractivity contribution in [3.05, 3.63) is 42.2 Å². The Labute approximate surface area is 172 Å². The predicted octanol–water partition coefficient (Wildman–Crippen LogP) is 7.25. The van der Waals surface area contributed by atoms with Gasteiger partial charge in [0.2, 0.25) is 0 Å². The van der Waals surface area contributed by atoms with Gasteiger partial charge in [-0.2, -0.15) is 0 Å². The molecule has 3 heteroatoms. The fourth-order valence-electron chi connectivity index (χ4n) is 3.28. The summed E-state index contributed by atoms with van der Waals surface area (Å²) in [5, 5.41) is 0. The molecule has 1 atom stereocenters. The molecule has 1 unspecified atom stereocenters. The van der Waals surface area contributed by atoms with Crippen LogP contribution in [0.2, 0.25) is 0 Å². The van der Waals surface area contributed by atoms with E-state index < -0.39 is 0 Å². The van der Waals surface area contributed by atoms with Crippen LogP contribution >= 0.6 is 0 Å². The van der Waals surface area contributed by atoms with Gasteiger partial charge in [-0.25, -0.2) is 9.97 Å². The molecule has 1 aromatic carbocycles. The second-order valence-corrected chi connectivity index (χ2v) is 7.98. The van der Waals surface area contributed by atoms with Crippen molar-refractivity contribution in [3.8, 4) is 17.1 Å². The van der Waals surface area contributed by atoms with Crippen LogP contribution in [0.25, 0.3) is 11.4 Å². The third-order valence-electron chi connectivity index (χ3n) is 5.37. The van der Waals surface area contributed by atoms with E-state index in [0.717, 1.165) is 36.6 Å². The van der Waals surface area contributed by atoms with Crippen LogP contribution in [0.1, 0.15) is 84.1 Å². The van der Waals surface area contributed by atoms with Crippen molar-refractivity contribution < 1.29 is 4.74 Å². The van der Waals surface area contributed by atoms with Crippen molar-refractivity contribution in [2.45, 2.75) is 85.0 Å². The van der Waals surface area contributed by atoms with E-state index in [4.69, 9.17) is 4.74 Å². The van der Waals surface area contributed by atoms with Crippen LogP contribution in [0.3, 0.4) is 0 Å². The molecular formula is C25H38N2O. The number of nitrogens with zero attached hydrogens (tertiary/aromatic N) is 2. The molecule has 0 amide bonds. The summed E-state index contributed by atoms with van der Waals surface area (Å²) in [5.41, 5.74) is 2.25. The highest BCUT2D eigenvalue weighted by atomic mass is 16.5. The highest BCUT2D eigenvalue weighted by Gasteiger charge is 2.05. The maximum atomic E-state index is 5.88. The van der Waals surface area contributed by atoms with Crippen molar-refractivity contribution >= 4 is 0 Å². The van der Waals surface area contributed by atoms with Crippen molar-refractivity contribution in [1.82, 2.24) is 9.97 Å². The number of hydrogen-bond donors (Lipinski definition) is 0. The first-order valence-corrected chi connectivity index (χ1v) is 11.3. The topological polar surface area (TPSA) is 35.0 Å². The molecule has 0 aliphatic carbocycles. The summed E-state index contributed by atoms with van der Waals surface area (Å²) in [7, 11) is 0. The van der Waals surface area contributed by atoms with Gasteiger partial charge in [-0.15, -0.1) is 0 Å². The van der Waals surface area contributed by atoms with Crippen LogP contribution < -0.4 is 4.74 Å². The number of rotatable bonds is 14. The largest absolute Gasteiger partial charge is 0.494 e. The molecule has 0 saturated carbocycles. The molecule has 1 heterocycles. The Bertz CT molecular complexity index is 637. The molecule has 0 radical (unpaired) electrons. The van der Waals surface area contributed by atoms with Crippen LogP contribution in [0.15, 0.2) is 36.7 Å². The molecule has 0 bridgehead atoms. The summed E-state index contributed by atoms with van der Waals surface area (Å²) in [4.78, 5) is 9.07. The summed E-state index contributed by atoms with van der Waals surface area (Å²) in [6.45, 7) is 7.55. The van der Waals surface area contributed by atoms with Gasteiger partial charge in [0.05, 0.1) is 6.61 Å². The molecule has 0 aliphatic rings. The Balaban J connectivity index is 1.68. The molecule has 0 fully saturated rings. The summed E-state index contributed by atoms with van der Waals surface area (Å²) in [6, 6.07) is 8.15. The standard InChI is InChI=1S/C25H38N2O/c1-4-6-7-8-9-10-11-12-17-28-24-15-13-23(14-16-24)25-26-19-22(20-27-25)18-21(3)5-2/h13-16,19-21H,4-12,17-18H2,1-3H3. The SMILES string of the molecule is CCCCCCCCCCOc1ccc(-c2ncc(CC(C)CC)cn2)cc1. The monoisotopic (exact) mass is 382 g/mol. The van der Waals surface area contributed by atoms with Crippen LogP contribution in [-0.4, -0.2) is 16.6 Å².